The van der Waals surface area contributed by atoms with Gasteiger partial charge in [-0.2, -0.15) is 0 Å². The molecule has 0 unspecified atom stereocenters. The standard InChI is InChI=1S/C10H7FN2OS/c11-7-1-3-8(4-2-7)13-6-5-12-9(15)10(13)14/h1-6H,(H,12,15). The van der Waals surface area contributed by atoms with E-state index in [2.05, 4.69) is 4.98 Å². The molecule has 0 aliphatic carbocycles. The number of hydrogen-bond acceptors (Lipinski definition) is 2. The fraction of sp³-hybridized carbons (Fsp3) is 0. The lowest BCUT2D eigenvalue weighted by Gasteiger charge is -2.03. The first-order chi connectivity index (χ1) is 7.18. The van der Waals surface area contributed by atoms with Gasteiger partial charge in [-0.05, 0) is 24.3 Å². The lowest BCUT2D eigenvalue weighted by Crippen LogP contribution is -2.18. The summed E-state index contributed by atoms with van der Waals surface area (Å²) >= 11 is 4.80. The summed E-state index contributed by atoms with van der Waals surface area (Å²) in [5.74, 6) is -0.340. The predicted octanol–water partition coefficient (Wildman–Crippen LogP) is 2.03. The second kappa shape index (κ2) is 3.78. The van der Waals surface area contributed by atoms with E-state index in [-0.39, 0.29) is 16.0 Å². The van der Waals surface area contributed by atoms with Crippen LogP contribution in [0.1, 0.15) is 0 Å². The van der Waals surface area contributed by atoms with E-state index in [0.717, 1.165) is 0 Å². The van der Waals surface area contributed by atoms with Crippen molar-refractivity contribution in [3.8, 4) is 5.69 Å². The van der Waals surface area contributed by atoms with Crippen LogP contribution in [0.15, 0.2) is 41.5 Å². The van der Waals surface area contributed by atoms with E-state index < -0.39 is 0 Å². The van der Waals surface area contributed by atoms with Gasteiger partial charge in [-0.1, -0.05) is 12.2 Å². The third-order valence-electron chi connectivity index (χ3n) is 1.96. The van der Waals surface area contributed by atoms with E-state index in [1.807, 2.05) is 0 Å². The summed E-state index contributed by atoms with van der Waals surface area (Å²) in [7, 11) is 0. The maximum Gasteiger partial charge on any atom is 0.290 e. The number of halogens is 1. The zero-order valence-electron chi connectivity index (χ0n) is 7.61. The van der Waals surface area contributed by atoms with Crippen LogP contribution in [-0.2, 0) is 0 Å². The SMILES string of the molecule is O=c1c(=S)[nH]ccn1-c1ccc(F)cc1. The van der Waals surface area contributed by atoms with Gasteiger partial charge in [0.1, 0.15) is 5.82 Å². The Bertz CT molecular complexity index is 585. The van der Waals surface area contributed by atoms with Crippen LogP contribution in [0.2, 0.25) is 0 Å². The summed E-state index contributed by atoms with van der Waals surface area (Å²) < 4.78 is 14.2. The first kappa shape index (κ1) is 9.79. The topological polar surface area (TPSA) is 37.8 Å². The first-order valence-electron chi connectivity index (χ1n) is 4.25. The van der Waals surface area contributed by atoms with Crippen molar-refractivity contribution in [3.05, 3.63) is 57.5 Å². The van der Waals surface area contributed by atoms with Gasteiger partial charge in [0.2, 0.25) is 0 Å². The molecular weight excluding hydrogens is 215 g/mol. The van der Waals surface area contributed by atoms with Gasteiger partial charge in [0.25, 0.3) is 5.56 Å². The van der Waals surface area contributed by atoms with Crippen molar-refractivity contribution in [2.45, 2.75) is 0 Å². The average Bonchev–Trinajstić information content (AvgIpc) is 2.24. The maximum atomic E-state index is 12.7. The summed E-state index contributed by atoms with van der Waals surface area (Å²) in [5, 5.41) is 0. The average molecular weight is 222 g/mol. The van der Waals surface area contributed by atoms with Gasteiger partial charge < -0.3 is 4.98 Å². The normalized spacial score (nSPS) is 10.2. The molecule has 0 spiro atoms. The molecule has 5 heteroatoms. The van der Waals surface area contributed by atoms with Crippen LogP contribution >= 0.6 is 12.2 Å². The number of aromatic amines is 1. The molecule has 0 aliphatic heterocycles. The van der Waals surface area contributed by atoms with Gasteiger partial charge >= 0.3 is 0 Å². The summed E-state index contributed by atoms with van der Waals surface area (Å²) in [5.41, 5.74) is 0.264. The molecule has 3 nitrogen and oxygen atoms in total. The molecule has 0 fully saturated rings. The number of H-pyrrole nitrogens is 1. The number of nitrogens with zero attached hydrogens (tertiary/aromatic N) is 1. The van der Waals surface area contributed by atoms with Crippen molar-refractivity contribution < 1.29 is 4.39 Å². The third-order valence-corrected chi connectivity index (χ3v) is 2.25. The number of hydrogen-bond donors (Lipinski definition) is 1. The zero-order valence-corrected chi connectivity index (χ0v) is 8.42. The minimum atomic E-state index is -0.340. The number of benzene rings is 1. The quantitative estimate of drug-likeness (QED) is 0.750. The van der Waals surface area contributed by atoms with E-state index in [9.17, 15) is 9.18 Å². The van der Waals surface area contributed by atoms with E-state index >= 15 is 0 Å². The lowest BCUT2D eigenvalue weighted by molar-refractivity contribution is 0.627. The molecule has 1 heterocycles. The molecule has 76 valence electrons. The maximum absolute atomic E-state index is 12.7. The molecule has 0 radical (unpaired) electrons. The number of rotatable bonds is 1. The molecule has 2 rings (SSSR count). The Morgan fingerprint density at radius 3 is 2.60 bits per heavy atom. The van der Waals surface area contributed by atoms with Crippen LogP contribution in [0.4, 0.5) is 4.39 Å². The highest BCUT2D eigenvalue weighted by Gasteiger charge is 1.99. The van der Waals surface area contributed by atoms with Gasteiger partial charge in [-0.25, -0.2) is 4.39 Å². The van der Waals surface area contributed by atoms with Crippen LogP contribution in [-0.4, -0.2) is 9.55 Å². The minimum absolute atomic E-state index is 0.127. The Hall–Kier alpha value is -1.75. The Morgan fingerprint density at radius 2 is 1.93 bits per heavy atom. The van der Waals surface area contributed by atoms with E-state index in [0.29, 0.717) is 5.69 Å². The van der Waals surface area contributed by atoms with E-state index in [1.165, 1.54) is 28.8 Å². The number of aromatic nitrogens is 2. The molecule has 15 heavy (non-hydrogen) atoms. The molecule has 0 saturated heterocycles. The lowest BCUT2D eigenvalue weighted by atomic mass is 10.3. The minimum Gasteiger partial charge on any atom is -0.347 e. The van der Waals surface area contributed by atoms with Gasteiger partial charge in [-0.15, -0.1) is 0 Å². The summed E-state index contributed by atoms with van der Waals surface area (Å²) in [6.07, 6.45) is 3.11. The predicted molar refractivity (Wildman–Crippen MR) is 57.2 cm³/mol. The first-order valence-corrected chi connectivity index (χ1v) is 4.65. The third kappa shape index (κ3) is 1.87. The Kier molecular flexibility index (Phi) is 2.47. The molecule has 1 aromatic heterocycles. The zero-order chi connectivity index (χ0) is 10.8. The molecule has 0 aliphatic rings. The largest absolute Gasteiger partial charge is 0.347 e. The molecule has 0 bridgehead atoms. The fourth-order valence-electron chi connectivity index (χ4n) is 1.23. The van der Waals surface area contributed by atoms with Gasteiger partial charge in [-0.3, -0.25) is 9.36 Å². The van der Waals surface area contributed by atoms with Crippen molar-refractivity contribution in [2.24, 2.45) is 0 Å². The molecular formula is C10H7FN2OS. The van der Waals surface area contributed by atoms with Crippen molar-refractivity contribution in [1.82, 2.24) is 9.55 Å². The van der Waals surface area contributed by atoms with Crippen LogP contribution in [0.3, 0.4) is 0 Å². The highest BCUT2D eigenvalue weighted by Crippen LogP contribution is 2.05. The second-order valence-corrected chi connectivity index (χ2v) is 3.35. The highest BCUT2D eigenvalue weighted by molar-refractivity contribution is 7.71. The second-order valence-electron chi connectivity index (χ2n) is 2.94. The van der Waals surface area contributed by atoms with Crippen LogP contribution in [0, 0.1) is 10.5 Å². The van der Waals surface area contributed by atoms with E-state index in [1.54, 1.807) is 12.4 Å². The summed E-state index contributed by atoms with van der Waals surface area (Å²) in [6, 6.07) is 5.63. The monoisotopic (exact) mass is 222 g/mol. The molecule has 2 aromatic rings. The summed E-state index contributed by atoms with van der Waals surface area (Å²) in [4.78, 5) is 14.2. The van der Waals surface area contributed by atoms with Crippen LogP contribution in [0.25, 0.3) is 5.69 Å². The smallest absolute Gasteiger partial charge is 0.290 e. The molecule has 0 saturated carbocycles. The van der Waals surface area contributed by atoms with Crippen molar-refractivity contribution >= 4 is 12.2 Å². The van der Waals surface area contributed by atoms with Crippen molar-refractivity contribution in [3.63, 3.8) is 0 Å². The Balaban J connectivity index is 2.65. The van der Waals surface area contributed by atoms with Crippen LogP contribution in [0.5, 0.6) is 0 Å². The molecule has 0 atom stereocenters. The van der Waals surface area contributed by atoms with Crippen molar-refractivity contribution in [1.29, 1.82) is 0 Å². The van der Waals surface area contributed by atoms with Gasteiger partial charge in [0, 0.05) is 18.1 Å². The fourth-order valence-corrected chi connectivity index (χ4v) is 1.40. The molecule has 1 aromatic carbocycles. The molecule has 0 amide bonds. The Labute approximate surface area is 89.8 Å². The van der Waals surface area contributed by atoms with E-state index in [4.69, 9.17) is 12.2 Å². The van der Waals surface area contributed by atoms with Crippen LogP contribution < -0.4 is 5.56 Å². The van der Waals surface area contributed by atoms with Crippen molar-refractivity contribution in [2.75, 3.05) is 0 Å². The number of nitrogens with one attached hydrogen (secondary N) is 1. The summed E-state index contributed by atoms with van der Waals surface area (Å²) in [6.45, 7) is 0. The van der Waals surface area contributed by atoms with Gasteiger partial charge in [0.05, 0.1) is 0 Å². The van der Waals surface area contributed by atoms with Gasteiger partial charge in [0.15, 0.2) is 4.64 Å². The Morgan fingerprint density at radius 1 is 1.27 bits per heavy atom. The highest BCUT2D eigenvalue weighted by atomic mass is 32.1. The molecule has 1 N–H and O–H groups in total.